The molecule has 0 saturated heterocycles. The fraction of sp³-hybridized carbons (Fsp3) is 1.00. The summed E-state index contributed by atoms with van der Waals surface area (Å²) < 4.78 is 0. The molecule has 0 unspecified atom stereocenters. The second-order valence-electron chi connectivity index (χ2n) is 10.4. The number of aliphatic hydroxyl groups is 3. The maximum Gasteiger partial charge on any atom is 0.0910 e. The molecule has 3 heteroatoms. The van der Waals surface area contributed by atoms with Crippen LogP contribution in [0.15, 0.2) is 0 Å². The number of aliphatic hydroxyl groups excluding tert-OH is 2. The Kier molecular flexibility index (Phi) is 3.37. The molecule has 0 heterocycles. The second-order valence-corrected chi connectivity index (χ2v) is 10.4. The van der Waals surface area contributed by atoms with Crippen LogP contribution in [0, 0.1) is 34.0 Å². The van der Waals surface area contributed by atoms with Gasteiger partial charge in [0.05, 0.1) is 18.3 Å². The first-order valence-electron chi connectivity index (χ1n) is 9.68. The SMILES string of the molecule is CC1(C)CCC[C@]2(C)[C@@H]1[C@@H](O)C[C@@]13C[C@@H](CC[C@H]12)[C@@](O)(CO)C3. The first kappa shape index (κ1) is 16.4. The van der Waals surface area contributed by atoms with Gasteiger partial charge in [-0.05, 0) is 78.9 Å². The van der Waals surface area contributed by atoms with Crippen molar-refractivity contribution in [1.82, 2.24) is 0 Å². The van der Waals surface area contributed by atoms with Gasteiger partial charge >= 0.3 is 0 Å². The molecule has 3 nitrogen and oxygen atoms in total. The van der Waals surface area contributed by atoms with Crippen LogP contribution in [0.1, 0.15) is 72.1 Å². The van der Waals surface area contributed by atoms with Gasteiger partial charge in [-0.3, -0.25) is 0 Å². The van der Waals surface area contributed by atoms with E-state index < -0.39 is 5.60 Å². The molecule has 0 aromatic rings. The van der Waals surface area contributed by atoms with Gasteiger partial charge in [0.25, 0.3) is 0 Å². The van der Waals surface area contributed by atoms with Gasteiger partial charge in [-0.2, -0.15) is 0 Å². The fourth-order valence-corrected chi connectivity index (χ4v) is 8.34. The number of hydrogen-bond donors (Lipinski definition) is 3. The summed E-state index contributed by atoms with van der Waals surface area (Å²) in [4.78, 5) is 0. The lowest BCUT2D eigenvalue weighted by Gasteiger charge is -2.65. The van der Waals surface area contributed by atoms with Crippen LogP contribution in [0.2, 0.25) is 0 Å². The molecular formula is C20H34O3. The molecule has 7 atom stereocenters. The van der Waals surface area contributed by atoms with Crippen molar-refractivity contribution in [2.45, 2.75) is 83.8 Å². The Morgan fingerprint density at radius 1 is 1.04 bits per heavy atom. The zero-order chi connectivity index (χ0) is 16.7. The lowest BCUT2D eigenvalue weighted by Crippen LogP contribution is -2.61. The Labute approximate surface area is 140 Å². The van der Waals surface area contributed by atoms with Crippen molar-refractivity contribution in [2.75, 3.05) is 6.61 Å². The third-order valence-electron chi connectivity index (χ3n) is 8.77. The van der Waals surface area contributed by atoms with E-state index in [1.165, 1.54) is 25.7 Å². The summed E-state index contributed by atoms with van der Waals surface area (Å²) in [5.74, 6) is 1.20. The fourth-order valence-electron chi connectivity index (χ4n) is 8.34. The van der Waals surface area contributed by atoms with Crippen molar-refractivity contribution < 1.29 is 15.3 Å². The molecule has 23 heavy (non-hydrogen) atoms. The van der Waals surface area contributed by atoms with Gasteiger partial charge in [-0.25, -0.2) is 0 Å². The van der Waals surface area contributed by atoms with Crippen LogP contribution < -0.4 is 0 Å². The van der Waals surface area contributed by atoms with Gasteiger partial charge in [0.15, 0.2) is 0 Å². The molecule has 4 saturated carbocycles. The molecule has 0 aliphatic heterocycles. The molecule has 1 spiro atoms. The quantitative estimate of drug-likeness (QED) is 0.695. The van der Waals surface area contributed by atoms with Crippen molar-refractivity contribution in [2.24, 2.45) is 34.0 Å². The molecule has 0 aromatic heterocycles. The minimum absolute atomic E-state index is 0.0541. The van der Waals surface area contributed by atoms with E-state index in [-0.39, 0.29) is 34.9 Å². The van der Waals surface area contributed by atoms with E-state index in [1.54, 1.807) is 0 Å². The number of fused-ring (bicyclic) bond motifs is 3. The van der Waals surface area contributed by atoms with Gasteiger partial charge < -0.3 is 15.3 Å². The third kappa shape index (κ3) is 1.99. The molecule has 2 bridgehead atoms. The predicted octanol–water partition coefficient (Wildman–Crippen LogP) is 3.11. The highest BCUT2D eigenvalue weighted by atomic mass is 16.3. The average molecular weight is 322 g/mol. The van der Waals surface area contributed by atoms with Crippen molar-refractivity contribution in [3.8, 4) is 0 Å². The van der Waals surface area contributed by atoms with Gasteiger partial charge in [-0.15, -0.1) is 0 Å². The van der Waals surface area contributed by atoms with Crippen LogP contribution in [0.5, 0.6) is 0 Å². The van der Waals surface area contributed by atoms with Gasteiger partial charge in [0, 0.05) is 0 Å². The molecule has 0 aromatic carbocycles. The summed E-state index contributed by atoms with van der Waals surface area (Å²) in [5.41, 5.74) is -0.456. The van der Waals surface area contributed by atoms with Gasteiger partial charge in [0.1, 0.15) is 0 Å². The van der Waals surface area contributed by atoms with E-state index in [1.807, 2.05) is 0 Å². The van der Waals surface area contributed by atoms with Gasteiger partial charge in [0.2, 0.25) is 0 Å². The topological polar surface area (TPSA) is 60.7 Å². The Hall–Kier alpha value is -0.120. The smallest absolute Gasteiger partial charge is 0.0910 e. The number of hydrogen-bond acceptors (Lipinski definition) is 3. The van der Waals surface area contributed by atoms with Crippen LogP contribution in [-0.2, 0) is 0 Å². The normalized spacial score (nSPS) is 57.7. The largest absolute Gasteiger partial charge is 0.393 e. The van der Waals surface area contributed by atoms with E-state index in [9.17, 15) is 15.3 Å². The Balaban J connectivity index is 1.76. The summed E-state index contributed by atoms with van der Waals surface area (Å²) in [6.07, 6.45) is 8.18. The molecular weight excluding hydrogens is 288 g/mol. The lowest BCUT2D eigenvalue weighted by molar-refractivity contribution is -0.198. The highest BCUT2D eigenvalue weighted by Crippen LogP contribution is 2.72. The minimum atomic E-state index is -0.901. The van der Waals surface area contributed by atoms with Crippen LogP contribution in [-0.4, -0.2) is 33.6 Å². The molecule has 4 aliphatic rings. The van der Waals surface area contributed by atoms with Crippen LogP contribution in [0.4, 0.5) is 0 Å². The molecule has 3 N–H and O–H groups in total. The Bertz CT molecular complexity index is 503. The average Bonchev–Trinajstić information content (AvgIpc) is 2.64. The first-order chi connectivity index (χ1) is 10.7. The summed E-state index contributed by atoms with van der Waals surface area (Å²) in [5, 5.41) is 31.9. The summed E-state index contributed by atoms with van der Waals surface area (Å²) in [7, 11) is 0. The molecule has 4 fully saturated rings. The van der Waals surface area contributed by atoms with Crippen molar-refractivity contribution in [3.63, 3.8) is 0 Å². The molecule has 4 aliphatic carbocycles. The van der Waals surface area contributed by atoms with Crippen molar-refractivity contribution >= 4 is 0 Å². The summed E-state index contributed by atoms with van der Waals surface area (Å²) >= 11 is 0. The minimum Gasteiger partial charge on any atom is -0.393 e. The highest BCUT2D eigenvalue weighted by molar-refractivity contribution is 5.18. The monoisotopic (exact) mass is 322 g/mol. The van der Waals surface area contributed by atoms with E-state index in [0.717, 1.165) is 19.3 Å². The van der Waals surface area contributed by atoms with E-state index >= 15 is 0 Å². The first-order valence-corrected chi connectivity index (χ1v) is 9.68. The van der Waals surface area contributed by atoms with Crippen molar-refractivity contribution in [1.29, 1.82) is 0 Å². The Morgan fingerprint density at radius 3 is 2.48 bits per heavy atom. The van der Waals surface area contributed by atoms with Crippen LogP contribution >= 0.6 is 0 Å². The summed E-state index contributed by atoms with van der Waals surface area (Å²) in [6.45, 7) is 7.01. The van der Waals surface area contributed by atoms with Crippen LogP contribution in [0.3, 0.4) is 0 Å². The highest BCUT2D eigenvalue weighted by Gasteiger charge is 2.68. The van der Waals surface area contributed by atoms with E-state index in [4.69, 9.17) is 0 Å². The van der Waals surface area contributed by atoms with E-state index in [2.05, 4.69) is 20.8 Å². The lowest BCUT2D eigenvalue weighted by atomic mass is 9.40. The molecule has 4 rings (SSSR count). The molecule has 0 radical (unpaired) electrons. The van der Waals surface area contributed by atoms with Crippen molar-refractivity contribution in [3.05, 3.63) is 0 Å². The van der Waals surface area contributed by atoms with Gasteiger partial charge in [-0.1, -0.05) is 27.2 Å². The third-order valence-corrected chi connectivity index (χ3v) is 8.77. The maximum atomic E-state index is 11.2. The maximum absolute atomic E-state index is 11.2. The summed E-state index contributed by atoms with van der Waals surface area (Å²) in [6, 6.07) is 0. The molecule has 132 valence electrons. The van der Waals surface area contributed by atoms with E-state index in [0.29, 0.717) is 18.3 Å². The zero-order valence-electron chi connectivity index (χ0n) is 15.0. The standard InChI is InChI=1S/C20H34O3/c1-17(2)7-4-8-18(3)15-6-5-13-9-19(15,10-14(22)16(17)18)11-20(13,23)12-21/h13-16,21-23H,4-12H2,1-3H3/t13-,14+,15+,16-,18+,19-,20+/m1/s1. The second kappa shape index (κ2) is 4.74. The zero-order valence-corrected chi connectivity index (χ0v) is 15.0. The Morgan fingerprint density at radius 2 is 1.78 bits per heavy atom. The van der Waals surface area contributed by atoms with Crippen LogP contribution in [0.25, 0.3) is 0 Å². The number of rotatable bonds is 1. The predicted molar refractivity (Wildman–Crippen MR) is 89.8 cm³/mol. The molecule has 0 amide bonds.